The molecule has 0 spiro atoms. The number of ether oxygens (including phenoxy) is 2. The SMILES string of the molecule is CCCCCCCOC(=O)CCCCCCCCCC(O)CCCCCCCCCC(=O)OC(CCCCCC)CCCCCC. The number of unbranched alkanes of at least 4 members (excludes halogenated alkanes) is 22. The number of hydrogen-bond donors (Lipinski definition) is 1. The molecule has 0 aliphatic carbocycles. The van der Waals surface area contributed by atoms with Crippen molar-refractivity contribution in [1.82, 2.24) is 0 Å². The Morgan fingerprint density at radius 3 is 1.26 bits per heavy atom. The van der Waals surface area contributed by atoms with Crippen LogP contribution in [-0.4, -0.2) is 35.9 Å². The monoisotopic (exact) mass is 653 g/mol. The van der Waals surface area contributed by atoms with Crippen LogP contribution in [0.25, 0.3) is 0 Å². The van der Waals surface area contributed by atoms with Crippen LogP contribution in [0.3, 0.4) is 0 Å². The standard InChI is InChI=1S/C41H80O5/c1-4-7-10-23-30-37-45-40(43)35-28-21-17-13-15-19-24-31-38(42)32-25-20-16-14-18-22-29-36-41(44)46-39(33-26-11-8-5-2)34-27-12-9-6-3/h38-39,42H,4-37H2,1-3H3. The maximum Gasteiger partial charge on any atom is 0.306 e. The zero-order chi connectivity index (χ0) is 33.8. The third-order valence-corrected chi connectivity index (χ3v) is 9.40. The Bertz CT molecular complexity index is 624. The summed E-state index contributed by atoms with van der Waals surface area (Å²) in [6, 6.07) is 0. The van der Waals surface area contributed by atoms with Crippen molar-refractivity contribution in [1.29, 1.82) is 0 Å². The van der Waals surface area contributed by atoms with Gasteiger partial charge in [0.15, 0.2) is 0 Å². The van der Waals surface area contributed by atoms with E-state index in [2.05, 4.69) is 20.8 Å². The maximum atomic E-state index is 12.4. The number of aliphatic hydroxyl groups is 1. The van der Waals surface area contributed by atoms with E-state index in [0.717, 1.165) is 70.6 Å². The van der Waals surface area contributed by atoms with Crippen LogP contribution in [0.15, 0.2) is 0 Å². The minimum Gasteiger partial charge on any atom is -0.466 e. The summed E-state index contributed by atoms with van der Waals surface area (Å²) in [5, 5.41) is 10.3. The maximum absolute atomic E-state index is 12.4. The topological polar surface area (TPSA) is 72.8 Å². The van der Waals surface area contributed by atoms with Crippen molar-refractivity contribution in [2.75, 3.05) is 6.61 Å². The molecular weight excluding hydrogens is 572 g/mol. The first-order chi connectivity index (χ1) is 22.5. The molecule has 1 atom stereocenters. The molecule has 274 valence electrons. The van der Waals surface area contributed by atoms with E-state index in [-0.39, 0.29) is 24.1 Å². The first kappa shape index (κ1) is 44.9. The molecule has 0 aliphatic heterocycles. The Balaban J connectivity index is 3.56. The minimum atomic E-state index is -0.147. The van der Waals surface area contributed by atoms with E-state index in [1.54, 1.807) is 0 Å². The van der Waals surface area contributed by atoms with Gasteiger partial charge in [-0.05, 0) is 57.8 Å². The molecule has 0 bridgehead atoms. The molecule has 0 aromatic carbocycles. The van der Waals surface area contributed by atoms with Gasteiger partial charge in [-0.1, -0.05) is 162 Å². The molecule has 0 aromatic rings. The van der Waals surface area contributed by atoms with E-state index in [0.29, 0.717) is 19.4 Å². The number of esters is 2. The second-order valence-electron chi connectivity index (χ2n) is 14.1. The molecule has 0 aromatic heterocycles. The van der Waals surface area contributed by atoms with Crippen LogP contribution >= 0.6 is 0 Å². The van der Waals surface area contributed by atoms with Crippen LogP contribution in [0, 0.1) is 0 Å². The van der Waals surface area contributed by atoms with Crippen molar-refractivity contribution >= 4 is 11.9 Å². The summed E-state index contributed by atoms with van der Waals surface area (Å²) >= 11 is 0. The van der Waals surface area contributed by atoms with E-state index >= 15 is 0 Å². The Kier molecular flexibility index (Phi) is 35.9. The zero-order valence-electron chi connectivity index (χ0n) is 31.3. The number of carbonyl (C=O) groups is 2. The first-order valence-corrected chi connectivity index (χ1v) is 20.6. The van der Waals surface area contributed by atoms with Gasteiger partial charge in [-0.2, -0.15) is 0 Å². The van der Waals surface area contributed by atoms with Crippen LogP contribution in [0.2, 0.25) is 0 Å². The Morgan fingerprint density at radius 1 is 0.435 bits per heavy atom. The molecule has 0 amide bonds. The largest absolute Gasteiger partial charge is 0.466 e. The highest BCUT2D eigenvalue weighted by Gasteiger charge is 2.14. The first-order valence-electron chi connectivity index (χ1n) is 20.6. The Morgan fingerprint density at radius 2 is 0.783 bits per heavy atom. The molecule has 5 heteroatoms. The Labute approximate surface area is 287 Å². The summed E-state index contributed by atoms with van der Waals surface area (Å²) in [6.45, 7) is 7.28. The summed E-state index contributed by atoms with van der Waals surface area (Å²) in [7, 11) is 0. The summed E-state index contributed by atoms with van der Waals surface area (Å²) < 4.78 is 11.2. The van der Waals surface area contributed by atoms with Gasteiger partial charge >= 0.3 is 11.9 Å². The summed E-state index contributed by atoms with van der Waals surface area (Å²) in [4.78, 5) is 24.2. The van der Waals surface area contributed by atoms with Crippen molar-refractivity contribution in [2.24, 2.45) is 0 Å². The third kappa shape index (κ3) is 34.2. The van der Waals surface area contributed by atoms with E-state index in [1.165, 1.54) is 128 Å². The lowest BCUT2D eigenvalue weighted by molar-refractivity contribution is -0.150. The molecule has 0 rings (SSSR count). The molecule has 46 heavy (non-hydrogen) atoms. The lowest BCUT2D eigenvalue weighted by Crippen LogP contribution is -2.18. The fourth-order valence-corrected chi connectivity index (χ4v) is 6.28. The van der Waals surface area contributed by atoms with Crippen molar-refractivity contribution < 1.29 is 24.2 Å². The molecule has 1 unspecified atom stereocenters. The molecule has 0 fully saturated rings. The molecule has 0 radical (unpaired) electrons. The highest BCUT2D eigenvalue weighted by atomic mass is 16.5. The fourth-order valence-electron chi connectivity index (χ4n) is 6.28. The lowest BCUT2D eigenvalue weighted by atomic mass is 10.0. The van der Waals surface area contributed by atoms with Crippen LogP contribution in [-0.2, 0) is 19.1 Å². The average Bonchev–Trinajstić information content (AvgIpc) is 3.04. The van der Waals surface area contributed by atoms with Gasteiger partial charge < -0.3 is 14.6 Å². The van der Waals surface area contributed by atoms with E-state index < -0.39 is 0 Å². The van der Waals surface area contributed by atoms with E-state index in [4.69, 9.17) is 9.47 Å². The molecule has 0 heterocycles. The third-order valence-electron chi connectivity index (χ3n) is 9.40. The molecule has 0 saturated carbocycles. The predicted octanol–water partition coefficient (Wildman–Crippen LogP) is 12.7. The summed E-state index contributed by atoms with van der Waals surface area (Å²) in [5.41, 5.74) is 0. The molecular formula is C41H80O5. The van der Waals surface area contributed by atoms with Crippen LogP contribution < -0.4 is 0 Å². The summed E-state index contributed by atoms with van der Waals surface area (Å²) in [6.07, 6.45) is 36.9. The number of aliphatic hydroxyl groups excluding tert-OH is 1. The highest BCUT2D eigenvalue weighted by molar-refractivity contribution is 5.69. The zero-order valence-corrected chi connectivity index (χ0v) is 31.3. The van der Waals surface area contributed by atoms with Gasteiger partial charge in [0.2, 0.25) is 0 Å². The van der Waals surface area contributed by atoms with Gasteiger partial charge in [-0.3, -0.25) is 9.59 Å². The number of rotatable bonds is 37. The van der Waals surface area contributed by atoms with Crippen LogP contribution in [0.5, 0.6) is 0 Å². The minimum absolute atomic E-state index is 0.0162. The number of hydrogen-bond acceptors (Lipinski definition) is 5. The number of carbonyl (C=O) groups excluding carboxylic acids is 2. The average molecular weight is 653 g/mol. The van der Waals surface area contributed by atoms with E-state index in [9.17, 15) is 14.7 Å². The van der Waals surface area contributed by atoms with Crippen molar-refractivity contribution in [3.63, 3.8) is 0 Å². The predicted molar refractivity (Wildman–Crippen MR) is 196 cm³/mol. The van der Waals surface area contributed by atoms with Crippen molar-refractivity contribution in [2.45, 2.75) is 245 Å². The Hall–Kier alpha value is -1.10. The van der Waals surface area contributed by atoms with Crippen molar-refractivity contribution in [3.8, 4) is 0 Å². The normalized spacial score (nSPS) is 12.1. The van der Waals surface area contributed by atoms with E-state index in [1.807, 2.05) is 0 Å². The molecule has 5 nitrogen and oxygen atoms in total. The highest BCUT2D eigenvalue weighted by Crippen LogP contribution is 2.18. The lowest BCUT2D eigenvalue weighted by Gasteiger charge is -2.18. The van der Waals surface area contributed by atoms with Gasteiger partial charge in [-0.25, -0.2) is 0 Å². The van der Waals surface area contributed by atoms with Gasteiger partial charge in [0, 0.05) is 12.8 Å². The van der Waals surface area contributed by atoms with Gasteiger partial charge in [-0.15, -0.1) is 0 Å². The second-order valence-corrected chi connectivity index (χ2v) is 14.1. The molecule has 0 saturated heterocycles. The summed E-state index contributed by atoms with van der Waals surface area (Å²) in [5.74, 6) is -0.00847. The fraction of sp³-hybridized carbons (Fsp3) is 0.951. The smallest absolute Gasteiger partial charge is 0.306 e. The molecule has 1 N–H and O–H groups in total. The molecule has 0 aliphatic rings. The van der Waals surface area contributed by atoms with Crippen molar-refractivity contribution in [3.05, 3.63) is 0 Å². The van der Waals surface area contributed by atoms with Gasteiger partial charge in [0.1, 0.15) is 6.10 Å². The van der Waals surface area contributed by atoms with Crippen LogP contribution in [0.4, 0.5) is 0 Å². The quantitative estimate of drug-likeness (QED) is 0.0534. The van der Waals surface area contributed by atoms with Crippen LogP contribution in [0.1, 0.15) is 233 Å². The second kappa shape index (κ2) is 36.7. The van der Waals surface area contributed by atoms with Gasteiger partial charge in [0.25, 0.3) is 0 Å². The van der Waals surface area contributed by atoms with Gasteiger partial charge in [0.05, 0.1) is 12.7 Å².